The fourth-order valence-electron chi connectivity index (χ4n) is 1.84. The van der Waals surface area contributed by atoms with Gasteiger partial charge < -0.3 is 4.89 Å². The normalized spacial score (nSPS) is 12.1. The molecule has 0 fully saturated rings. The molecule has 1 aromatic carbocycles. The molecule has 0 aliphatic heterocycles. The second-order valence-electron chi connectivity index (χ2n) is 5.26. The molecule has 0 saturated carbocycles. The van der Waals surface area contributed by atoms with Gasteiger partial charge in [-0.25, -0.2) is 0 Å². The van der Waals surface area contributed by atoms with Crippen LogP contribution in [0.5, 0.6) is 5.75 Å². The number of hydrogen-bond acceptors (Lipinski definition) is 2. The van der Waals surface area contributed by atoms with E-state index < -0.39 is 0 Å². The molecule has 0 aliphatic rings. The molecule has 1 rings (SSSR count). The van der Waals surface area contributed by atoms with Gasteiger partial charge >= 0.3 is 0 Å². The van der Waals surface area contributed by atoms with Crippen molar-refractivity contribution in [3.63, 3.8) is 0 Å². The zero-order valence-corrected chi connectivity index (χ0v) is 12.2. The fourth-order valence-corrected chi connectivity index (χ4v) is 1.84. The monoisotopic (exact) mass is 252 g/mol. The molecular formula is C16H26O2. The highest BCUT2D eigenvalue weighted by Crippen LogP contribution is 2.29. The van der Waals surface area contributed by atoms with Crippen LogP contribution in [0.3, 0.4) is 0 Å². The first-order valence-electron chi connectivity index (χ1n) is 7.41. The molecule has 0 aliphatic carbocycles. The predicted molar refractivity (Wildman–Crippen MR) is 76.1 cm³/mol. The first kappa shape index (κ1) is 13.4. The molecule has 0 spiro atoms. The first-order valence-corrected chi connectivity index (χ1v) is 6.91. The summed E-state index contributed by atoms with van der Waals surface area (Å²) in [5, 5.41) is 0. The molecule has 18 heavy (non-hydrogen) atoms. The lowest BCUT2D eigenvalue weighted by Crippen LogP contribution is -2.02. The molecule has 2 nitrogen and oxygen atoms in total. The van der Waals surface area contributed by atoms with Gasteiger partial charge in [0.15, 0.2) is 5.75 Å². The summed E-state index contributed by atoms with van der Waals surface area (Å²) in [7, 11) is 0. The minimum atomic E-state index is 0.309. The molecule has 2 heteroatoms. The lowest BCUT2D eigenvalue weighted by molar-refractivity contribution is -0.207. The van der Waals surface area contributed by atoms with Gasteiger partial charge in [-0.2, -0.15) is 4.89 Å². The minimum Gasteiger partial charge on any atom is -0.338 e. The summed E-state index contributed by atoms with van der Waals surface area (Å²) in [4.78, 5) is 10.4. The zero-order valence-electron chi connectivity index (χ0n) is 13.2. The highest BCUT2D eigenvalue weighted by Gasteiger charge is 2.11. The molecule has 0 bridgehead atoms. The lowest BCUT2D eigenvalue weighted by atomic mass is 9.90. The zero-order chi connectivity index (χ0) is 14.4. The van der Waals surface area contributed by atoms with Crippen molar-refractivity contribution < 1.29 is 11.1 Å². The van der Waals surface area contributed by atoms with Gasteiger partial charge in [0.05, 0.1) is 7.98 Å². The van der Waals surface area contributed by atoms with E-state index in [-0.39, 0.29) is 0 Å². The molecule has 0 radical (unpaired) electrons. The van der Waals surface area contributed by atoms with E-state index in [9.17, 15) is 0 Å². The van der Waals surface area contributed by atoms with Crippen molar-refractivity contribution in [2.24, 2.45) is 0 Å². The molecule has 0 aromatic heterocycles. The second-order valence-corrected chi connectivity index (χ2v) is 5.26. The maximum absolute atomic E-state index is 8.29. The van der Waals surface area contributed by atoms with Crippen LogP contribution in [0.4, 0.5) is 0 Å². The van der Waals surface area contributed by atoms with Gasteiger partial charge in [0.2, 0.25) is 0 Å². The Hall–Kier alpha value is -1.02. The third kappa shape index (κ3) is 4.34. The molecular weight excluding hydrogens is 224 g/mol. The second kappa shape index (κ2) is 7.42. The van der Waals surface area contributed by atoms with Crippen LogP contribution in [0.15, 0.2) is 18.2 Å². The van der Waals surface area contributed by atoms with Crippen molar-refractivity contribution in [3.05, 3.63) is 29.3 Å². The van der Waals surface area contributed by atoms with Crippen molar-refractivity contribution in [1.82, 2.24) is 0 Å². The summed E-state index contributed by atoms with van der Waals surface area (Å²) in [6, 6.07) is 4.35. The van der Waals surface area contributed by atoms with Gasteiger partial charge in [-0.05, 0) is 41.5 Å². The van der Waals surface area contributed by atoms with E-state index in [1.54, 1.807) is 0 Å². The SMILES string of the molecule is [3H]c1c(OOCCCC)ccc(C(C)C)c1C(C)C. The Morgan fingerprint density at radius 1 is 1.11 bits per heavy atom. The lowest BCUT2D eigenvalue weighted by Gasteiger charge is -2.17. The van der Waals surface area contributed by atoms with Gasteiger partial charge in [-0.1, -0.05) is 47.1 Å². The van der Waals surface area contributed by atoms with E-state index in [1.165, 1.54) is 5.56 Å². The van der Waals surface area contributed by atoms with Crippen LogP contribution in [-0.2, 0) is 4.89 Å². The van der Waals surface area contributed by atoms with Crippen LogP contribution in [0.2, 0.25) is 0 Å². The standard InChI is InChI=1S/C16H26O2/c1-6-7-10-17-18-14-8-9-15(12(2)3)16(11-14)13(4)5/h8-9,11-13H,6-7,10H2,1-5H3/i11T. The maximum atomic E-state index is 8.29. The smallest absolute Gasteiger partial charge is 0.165 e. The van der Waals surface area contributed by atoms with Gasteiger partial charge in [-0.15, -0.1) is 0 Å². The van der Waals surface area contributed by atoms with Crippen LogP contribution in [0.1, 0.15) is 71.8 Å². The van der Waals surface area contributed by atoms with Gasteiger partial charge in [-0.3, -0.25) is 0 Å². The Kier molecular flexibility index (Phi) is 5.53. The van der Waals surface area contributed by atoms with Crippen molar-refractivity contribution >= 4 is 0 Å². The molecule has 0 amide bonds. The average molecular weight is 252 g/mol. The minimum absolute atomic E-state index is 0.309. The summed E-state index contributed by atoms with van der Waals surface area (Å²) in [5.41, 5.74) is 2.28. The van der Waals surface area contributed by atoms with Crippen LogP contribution < -0.4 is 4.89 Å². The quantitative estimate of drug-likeness (QED) is 0.384. The molecule has 0 unspecified atom stereocenters. The van der Waals surface area contributed by atoms with Crippen LogP contribution in [0, 0.1) is 0 Å². The Morgan fingerprint density at radius 3 is 2.33 bits per heavy atom. The van der Waals surface area contributed by atoms with Gasteiger partial charge in [0, 0.05) is 0 Å². The van der Waals surface area contributed by atoms with E-state index in [2.05, 4.69) is 40.7 Å². The van der Waals surface area contributed by atoms with E-state index in [1.807, 2.05) is 6.07 Å². The number of hydrogen-bond donors (Lipinski definition) is 0. The Balaban J connectivity index is 2.93. The van der Waals surface area contributed by atoms with Crippen LogP contribution in [-0.4, -0.2) is 6.61 Å². The Labute approximate surface area is 113 Å². The Bertz CT molecular complexity index is 400. The molecule has 1 aromatic rings. The summed E-state index contributed by atoms with van der Waals surface area (Å²) < 4.78 is 8.29. The summed E-state index contributed by atoms with van der Waals surface area (Å²) >= 11 is 0. The van der Waals surface area contributed by atoms with Crippen molar-refractivity contribution in [3.8, 4) is 5.75 Å². The molecule has 0 saturated heterocycles. The predicted octanol–water partition coefficient (Wildman–Crippen LogP) is 5.04. The molecule has 102 valence electrons. The van der Waals surface area contributed by atoms with Gasteiger partial charge in [0.25, 0.3) is 0 Å². The van der Waals surface area contributed by atoms with Crippen molar-refractivity contribution in [1.29, 1.82) is 0 Å². The summed E-state index contributed by atoms with van der Waals surface area (Å²) in [5.74, 6) is 1.24. The fraction of sp³-hybridized carbons (Fsp3) is 0.625. The van der Waals surface area contributed by atoms with Crippen molar-refractivity contribution in [2.75, 3.05) is 6.61 Å². The Morgan fingerprint density at radius 2 is 1.78 bits per heavy atom. The van der Waals surface area contributed by atoms with E-state index in [0.717, 1.165) is 18.4 Å². The third-order valence-corrected chi connectivity index (χ3v) is 2.91. The first-order chi connectivity index (χ1) is 8.99. The topological polar surface area (TPSA) is 18.5 Å². The maximum Gasteiger partial charge on any atom is 0.165 e. The number of unbranched alkanes of at least 4 members (excludes halogenated alkanes) is 1. The molecule has 0 heterocycles. The number of benzene rings is 1. The third-order valence-electron chi connectivity index (χ3n) is 2.91. The van der Waals surface area contributed by atoms with E-state index in [0.29, 0.717) is 30.2 Å². The summed E-state index contributed by atoms with van der Waals surface area (Å²) in [6.45, 7) is 11.2. The number of rotatable bonds is 7. The highest BCUT2D eigenvalue weighted by molar-refractivity contribution is 5.38. The average Bonchev–Trinajstić information content (AvgIpc) is 2.35. The van der Waals surface area contributed by atoms with E-state index >= 15 is 0 Å². The van der Waals surface area contributed by atoms with Gasteiger partial charge in [0.1, 0.15) is 0 Å². The summed E-state index contributed by atoms with van der Waals surface area (Å²) in [6.07, 6.45) is 2.04. The van der Waals surface area contributed by atoms with Crippen molar-refractivity contribution in [2.45, 2.75) is 59.3 Å². The largest absolute Gasteiger partial charge is 0.338 e. The van der Waals surface area contributed by atoms with Crippen LogP contribution >= 0.6 is 0 Å². The van der Waals surface area contributed by atoms with Crippen LogP contribution in [0.25, 0.3) is 0 Å². The van der Waals surface area contributed by atoms with E-state index in [4.69, 9.17) is 11.1 Å². The molecule has 0 atom stereocenters. The highest BCUT2D eigenvalue weighted by atomic mass is 17.2. The molecule has 0 N–H and O–H groups in total.